The summed E-state index contributed by atoms with van der Waals surface area (Å²) in [6, 6.07) is 21.3. The summed E-state index contributed by atoms with van der Waals surface area (Å²) < 4.78 is 49.3. The number of sulfone groups is 1. The molecule has 0 spiro atoms. The van der Waals surface area contributed by atoms with E-state index in [0.29, 0.717) is 51.5 Å². The molecule has 0 amide bonds. The maximum absolute atomic E-state index is 13.7. The van der Waals surface area contributed by atoms with Crippen LogP contribution in [-0.2, 0) is 28.7 Å². The van der Waals surface area contributed by atoms with Crippen molar-refractivity contribution >= 4 is 37.8 Å². The van der Waals surface area contributed by atoms with E-state index in [1.165, 1.54) is 18.4 Å². The number of aliphatic imine (C=N–C) groups is 1. The van der Waals surface area contributed by atoms with Gasteiger partial charge < -0.3 is 19.8 Å². The van der Waals surface area contributed by atoms with Gasteiger partial charge in [-0.1, -0.05) is 24.3 Å². The lowest BCUT2D eigenvalue weighted by molar-refractivity contribution is 0.294. The number of nitrogens with two attached hydrogens (primary N) is 1. The zero-order valence-electron chi connectivity index (χ0n) is 21.7. The van der Waals surface area contributed by atoms with Crippen LogP contribution in [0.15, 0.2) is 86.7 Å². The lowest BCUT2D eigenvalue weighted by Crippen LogP contribution is -2.39. The first-order valence-corrected chi connectivity index (χ1v) is 15.4. The Balaban J connectivity index is 1.43. The van der Waals surface area contributed by atoms with Crippen LogP contribution in [0.25, 0.3) is 11.3 Å². The van der Waals surface area contributed by atoms with Crippen molar-refractivity contribution in [1.82, 2.24) is 5.32 Å². The first kappa shape index (κ1) is 28.0. The van der Waals surface area contributed by atoms with Gasteiger partial charge >= 0.3 is 0 Å². The highest BCUT2D eigenvalue weighted by atomic mass is 79.9. The van der Waals surface area contributed by atoms with Gasteiger partial charge in [0, 0.05) is 35.2 Å². The summed E-state index contributed by atoms with van der Waals surface area (Å²) in [5, 5.41) is 6.25. The second-order valence-corrected chi connectivity index (χ2v) is 12.7. The molecule has 5 rings (SSSR count). The molecule has 2 heterocycles. The van der Waals surface area contributed by atoms with E-state index in [4.69, 9.17) is 14.9 Å². The number of fused-ring (bicyclic) bond motifs is 1. The first-order valence-electron chi connectivity index (χ1n) is 12.5. The number of hydrogen-bond acceptors (Lipinski definition) is 8. The third kappa shape index (κ3) is 6.28. The van der Waals surface area contributed by atoms with Crippen molar-refractivity contribution in [3.05, 3.63) is 106 Å². The van der Waals surface area contributed by atoms with Gasteiger partial charge in [-0.15, -0.1) is 0 Å². The number of furan rings is 1. The molecule has 0 saturated carbocycles. The molecule has 4 N–H and O–H groups in total. The van der Waals surface area contributed by atoms with E-state index in [0.717, 1.165) is 11.3 Å². The van der Waals surface area contributed by atoms with Gasteiger partial charge in [-0.2, -0.15) is 0 Å². The normalized spacial score (nSPS) is 16.4. The van der Waals surface area contributed by atoms with Gasteiger partial charge in [0.2, 0.25) is 0 Å². The van der Waals surface area contributed by atoms with Crippen molar-refractivity contribution < 1.29 is 22.0 Å². The number of hydrogen-bond donors (Lipinski definition) is 3. The van der Waals surface area contributed by atoms with E-state index in [1.54, 1.807) is 18.5 Å². The van der Waals surface area contributed by atoms with Crippen LogP contribution in [0.3, 0.4) is 0 Å². The zero-order chi connectivity index (χ0) is 28.3. The van der Waals surface area contributed by atoms with E-state index >= 15 is 0 Å². The van der Waals surface area contributed by atoms with Gasteiger partial charge in [0.15, 0.2) is 5.66 Å². The number of anilines is 1. The zero-order valence-corrected chi connectivity index (χ0v) is 24.1. The Morgan fingerprint density at radius 1 is 1.10 bits per heavy atom. The fourth-order valence-corrected chi connectivity index (χ4v) is 5.46. The summed E-state index contributed by atoms with van der Waals surface area (Å²) in [5.74, 6) is 1.54. The molecule has 11 heteroatoms. The third-order valence-electron chi connectivity index (χ3n) is 6.46. The average Bonchev–Trinajstić information content (AvgIpc) is 3.39. The minimum atomic E-state index is -3.03. The molecule has 0 radical (unpaired) electrons. The number of benzene rings is 3. The fraction of sp³-hybridized carbons (Fsp3) is 0.207. The molecule has 40 heavy (non-hydrogen) atoms. The summed E-state index contributed by atoms with van der Waals surface area (Å²) in [5.41, 5.74) is 9.35. The molecule has 4 aromatic rings. The number of nitrogens with one attached hydrogen (secondary N) is 2. The average molecular weight is 628 g/mol. The topological polar surface area (TPSA) is 119 Å². The molecular weight excluding hydrogens is 599 g/mol. The number of halogens is 2. The summed E-state index contributed by atoms with van der Waals surface area (Å²) in [6.45, 7) is 0.881. The van der Waals surface area contributed by atoms with Gasteiger partial charge in [-0.05, 0) is 70.0 Å². The Bertz CT molecular complexity index is 1670. The summed E-state index contributed by atoms with van der Waals surface area (Å²) in [6.07, 6.45) is 2.77. The van der Waals surface area contributed by atoms with E-state index in [9.17, 15) is 12.8 Å². The molecule has 1 aliphatic heterocycles. The van der Waals surface area contributed by atoms with Gasteiger partial charge in [0.25, 0.3) is 0 Å². The van der Waals surface area contributed by atoms with Crippen molar-refractivity contribution in [3.63, 3.8) is 0 Å². The Kier molecular flexibility index (Phi) is 8.09. The van der Waals surface area contributed by atoms with Crippen LogP contribution in [0.1, 0.15) is 22.5 Å². The highest BCUT2D eigenvalue weighted by Crippen LogP contribution is 2.44. The van der Waals surface area contributed by atoms with E-state index in [1.807, 2.05) is 48.5 Å². The maximum atomic E-state index is 13.7. The minimum absolute atomic E-state index is 0.0566. The Morgan fingerprint density at radius 2 is 1.93 bits per heavy atom. The van der Waals surface area contributed by atoms with Gasteiger partial charge in [-0.3, -0.25) is 5.73 Å². The summed E-state index contributed by atoms with van der Waals surface area (Å²) >= 11 is 3.58. The van der Waals surface area contributed by atoms with Crippen molar-refractivity contribution in [1.29, 1.82) is 0 Å². The molecule has 208 valence electrons. The van der Waals surface area contributed by atoms with E-state index < -0.39 is 15.5 Å². The predicted molar refractivity (Wildman–Crippen MR) is 158 cm³/mol. The van der Waals surface area contributed by atoms with Crippen molar-refractivity contribution in [2.75, 3.05) is 23.9 Å². The molecular formula is C29H28BrFN4O4S. The Morgan fingerprint density at radius 3 is 2.73 bits per heavy atom. The SMILES string of the molecule is CS(=O)(=O)CCNCc1ccc(-c2ccc3c(c2)C(N)(c2cccc(Br)c2OCc2cccc(F)c2)N=CN3)o1. The third-order valence-corrected chi connectivity index (χ3v) is 8.03. The van der Waals surface area contributed by atoms with Gasteiger partial charge in [-0.25, -0.2) is 17.8 Å². The maximum Gasteiger partial charge on any atom is 0.167 e. The monoisotopic (exact) mass is 626 g/mol. The molecule has 1 atom stereocenters. The van der Waals surface area contributed by atoms with Gasteiger partial charge in [0.1, 0.15) is 39.5 Å². The quantitative estimate of drug-likeness (QED) is 0.208. The molecule has 3 aromatic carbocycles. The summed E-state index contributed by atoms with van der Waals surface area (Å²) in [4.78, 5) is 4.64. The molecule has 0 saturated heterocycles. The van der Waals surface area contributed by atoms with Crippen LogP contribution in [0.5, 0.6) is 5.75 Å². The first-order chi connectivity index (χ1) is 19.1. The number of ether oxygens (including phenoxy) is 1. The molecule has 1 aliphatic rings. The van der Waals surface area contributed by atoms with Crippen LogP contribution < -0.4 is 21.1 Å². The van der Waals surface area contributed by atoms with E-state index in [2.05, 4.69) is 31.6 Å². The second-order valence-electron chi connectivity index (χ2n) is 9.54. The lowest BCUT2D eigenvalue weighted by atomic mass is 9.88. The molecule has 1 aromatic heterocycles. The lowest BCUT2D eigenvalue weighted by Gasteiger charge is -2.33. The number of nitrogens with zero attached hydrogens (tertiary/aromatic N) is 1. The molecule has 0 aliphatic carbocycles. The molecule has 0 bridgehead atoms. The molecule has 1 unspecified atom stereocenters. The van der Waals surface area contributed by atoms with Crippen molar-refractivity contribution in [2.45, 2.75) is 18.8 Å². The highest BCUT2D eigenvalue weighted by molar-refractivity contribution is 9.10. The standard InChI is InChI=1S/C29H28BrFN4O4S/c1-40(36,37)13-12-33-16-22-9-11-27(39-22)20-8-10-26-24(15-20)29(32,35-18-34-26)23-6-3-7-25(30)28(23)38-17-19-4-2-5-21(31)14-19/h2-11,14-15,18,33H,12-13,16-17,32H2,1H3,(H,34,35). The second kappa shape index (κ2) is 11.5. The largest absolute Gasteiger partial charge is 0.487 e. The van der Waals surface area contributed by atoms with Crippen LogP contribution in [-0.4, -0.2) is 33.3 Å². The minimum Gasteiger partial charge on any atom is -0.487 e. The Hall–Kier alpha value is -3.51. The summed E-state index contributed by atoms with van der Waals surface area (Å²) in [7, 11) is -3.03. The fourth-order valence-electron chi connectivity index (χ4n) is 4.46. The van der Waals surface area contributed by atoms with Crippen molar-refractivity contribution in [3.8, 4) is 17.1 Å². The number of para-hydroxylation sites is 1. The number of rotatable bonds is 10. The van der Waals surface area contributed by atoms with Crippen LogP contribution >= 0.6 is 15.9 Å². The van der Waals surface area contributed by atoms with E-state index in [-0.39, 0.29) is 18.2 Å². The molecule has 0 fully saturated rings. The Labute approximate surface area is 240 Å². The predicted octanol–water partition coefficient (Wildman–Crippen LogP) is 5.18. The highest BCUT2D eigenvalue weighted by Gasteiger charge is 2.37. The van der Waals surface area contributed by atoms with Crippen LogP contribution in [0.2, 0.25) is 0 Å². The van der Waals surface area contributed by atoms with Crippen molar-refractivity contribution in [2.24, 2.45) is 10.7 Å². The smallest absolute Gasteiger partial charge is 0.167 e. The molecule has 8 nitrogen and oxygen atoms in total. The van der Waals surface area contributed by atoms with Crippen LogP contribution in [0.4, 0.5) is 10.1 Å². The van der Waals surface area contributed by atoms with Gasteiger partial charge in [0.05, 0.1) is 23.1 Å². The van der Waals surface area contributed by atoms with Crippen LogP contribution in [0, 0.1) is 5.82 Å².